The Kier molecular flexibility index (Phi) is 9.03. The van der Waals surface area contributed by atoms with Crippen LogP contribution in [0.25, 0.3) is 0 Å². The minimum Gasteiger partial charge on any atom is -0.385 e. The maximum atomic E-state index is 13.1. The summed E-state index contributed by atoms with van der Waals surface area (Å²) in [6.07, 6.45) is 6.58. The predicted octanol–water partition coefficient (Wildman–Crippen LogP) is 2.84. The summed E-state index contributed by atoms with van der Waals surface area (Å²) in [4.78, 5) is 52.3. The van der Waals surface area contributed by atoms with Crippen molar-refractivity contribution in [3.63, 3.8) is 0 Å². The van der Waals surface area contributed by atoms with E-state index in [1.54, 1.807) is 24.2 Å². The number of carbonyl (C=O) groups is 3. The molecule has 2 aromatic carbocycles. The number of hydrogen-bond donors (Lipinski definition) is 5. The Morgan fingerprint density at radius 3 is 2.49 bits per heavy atom. The van der Waals surface area contributed by atoms with Crippen LogP contribution in [0.3, 0.4) is 0 Å². The predicted molar refractivity (Wildman–Crippen MR) is 186 cm³/mol. The molecule has 3 amide bonds. The maximum Gasteiger partial charge on any atom is 0.255 e. The van der Waals surface area contributed by atoms with E-state index < -0.39 is 17.6 Å². The molecule has 3 fully saturated rings. The number of aliphatic hydroxyl groups is 1. The number of benzene rings is 2. The van der Waals surface area contributed by atoms with Gasteiger partial charge < -0.3 is 30.9 Å². The first-order valence-corrected chi connectivity index (χ1v) is 17.1. The van der Waals surface area contributed by atoms with Crippen molar-refractivity contribution in [1.29, 1.82) is 5.41 Å². The molecule has 0 spiro atoms. The van der Waals surface area contributed by atoms with Gasteiger partial charge in [0.1, 0.15) is 11.9 Å². The van der Waals surface area contributed by atoms with E-state index >= 15 is 0 Å². The van der Waals surface area contributed by atoms with Crippen LogP contribution in [0.2, 0.25) is 0 Å². The standard InChI is InChI=1S/C36H43N9O4/c1-38-32-25(19-37)20-39-35(42-32)40-27-10-14-44(15-11-27)28-5-2-23(3-6-28)21-43-16-12-36(49,13-17-43)26-4-7-29-24(18-26)22-45(34(29)48)30-8-9-31(46)41-33(30)47/h2-7,18-20,27,30,37,49H,8-17,21-22H2,1H3,(H,41,46,47)(H2,38,39,40,42). The van der Waals surface area contributed by atoms with Gasteiger partial charge in [0.05, 0.1) is 11.2 Å². The van der Waals surface area contributed by atoms with E-state index in [1.807, 2.05) is 12.1 Å². The van der Waals surface area contributed by atoms with Crippen LogP contribution in [-0.2, 0) is 28.3 Å². The van der Waals surface area contributed by atoms with Gasteiger partial charge in [0.25, 0.3) is 5.91 Å². The number of rotatable bonds is 9. The topological polar surface area (TPSA) is 167 Å². The number of imide groups is 1. The van der Waals surface area contributed by atoms with Crippen molar-refractivity contribution in [3.05, 3.63) is 76.5 Å². The molecule has 256 valence electrons. The van der Waals surface area contributed by atoms with E-state index in [4.69, 9.17) is 5.41 Å². The number of amides is 3. The van der Waals surface area contributed by atoms with Crippen LogP contribution in [0.4, 0.5) is 17.5 Å². The van der Waals surface area contributed by atoms with Crippen molar-refractivity contribution >= 4 is 41.4 Å². The van der Waals surface area contributed by atoms with E-state index in [0.717, 1.165) is 56.7 Å². The van der Waals surface area contributed by atoms with Gasteiger partial charge in [-0.1, -0.05) is 24.3 Å². The molecule has 1 unspecified atom stereocenters. The second kappa shape index (κ2) is 13.6. The number of carbonyl (C=O) groups excluding carboxylic acids is 3. The lowest BCUT2D eigenvalue weighted by Gasteiger charge is -2.39. The molecule has 5 N–H and O–H groups in total. The second-order valence-corrected chi connectivity index (χ2v) is 13.5. The Balaban J connectivity index is 0.894. The van der Waals surface area contributed by atoms with Crippen molar-refractivity contribution in [3.8, 4) is 0 Å². The van der Waals surface area contributed by atoms with Crippen LogP contribution < -0.4 is 20.9 Å². The molecule has 1 aromatic heterocycles. The SMILES string of the molecule is CNc1nc(NC2CCN(c3ccc(CN4CCC(O)(c5ccc6c(c5)CN(C5CCC(=O)NC5=O)C6=O)CC4)cc3)CC2)ncc1C=N. The number of nitrogens with zero attached hydrogens (tertiary/aromatic N) is 5. The summed E-state index contributed by atoms with van der Waals surface area (Å²) >= 11 is 0. The zero-order valence-corrected chi connectivity index (χ0v) is 27.7. The van der Waals surface area contributed by atoms with Gasteiger partial charge in [0.2, 0.25) is 17.8 Å². The molecule has 0 aliphatic carbocycles. The highest BCUT2D eigenvalue weighted by Gasteiger charge is 2.41. The maximum absolute atomic E-state index is 13.1. The lowest BCUT2D eigenvalue weighted by atomic mass is 9.83. The Labute approximate surface area is 285 Å². The lowest BCUT2D eigenvalue weighted by molar-refractivity contribution is -0.136. The Morgan fingerprint density at radius 2 is 1.80 bits per heavy atom. The number of aromatic nitrogens is 2. The quantitative estimate of drug-likeness (QED) is 0.169. The van der Waals surface area contributed by atoms with E-state index in [2.05, 4.69) is 60.0 Å². The van der Waals surface area contributed by atoms with Gasteiger partial charge in [-0.3, -0.25) is 24.6 Å². The first-order chi connectivity index (χ1) is 23.7. The van der Waals surface area contributed by atoms with Crippen LogP contribution in [0.15, 0.2) is 48.7 Å². The Hall–Kier alpha value is -4.88. The largest absolute Gasteiger partial charge is 0.385 e. The fraction of sp³-hybridized carbons (Fsp3) is 0.444. The van der Waals surface area contributed by atoms with Gasteiger partial charge in [0.15, 0.2) is 0 Å². The van der Waals surface area contributed by atoms with Gasteiger partial charge in [-0.25, -0.2) is 4.98 Å². The molecule has 13 nitrogen and oxygen atoms in total. The molecule has 3 aromatic rings. The smallest absolute Gasteiger partial charge is 0.255 e. The Bertz CT molecular complexity index is 1750. The normalized spacial score (nSPS) is 21.3. The number of piperidine rings is 3. The molecule has 0 saturated carbocycles. The van der Waals surface area contributed by atoms with Crippen molar-refractivity contribution in [2.75, 3.05) is 48.8 Å². The second-order valence-electron chi connectivity index (χ2n) is 13.5. The summed E-state index contributed by atoms with van der Waals surface area (Å²) in [5.74, 6) is 0.296. The van der Waals surface area contributed by atoms with Crippen LogP contribution >= 0.6 is 0 Å². The van der Waals surface area contributed by atoms with Crippen molar-refractivity contribution in [2.45, 2.75) is 69.3 Å². The molecular weight excluding hydrogens is 622 g/mol. The molecule has 3 saturated heterocycles. The minimum atomic E-state index is -0.979. The molecule has 1 atom stereocenters. The first kappa shape index (κ1) is 32.7. The van der Waals surface area contributed by atoms with E-state index in [-0.39, 0.29) is 24.3 Å². The number of fused-ring (bicyclic) bond motifs is 1. The van der Waals surface area contributed by atoms with Crippen molar-refractivity contribution in [1.82, 2.24) is 25.1 Å². The molecule has 0 bridgehead atoms. The molecule has 4 aliphatic heterocycles. The summed E-state index contributed by atoms with van der Waals surface area (Å²) in [5.41, 5.74) is 4.31. The van der Waals surface area contributed by atoms with Gasteiger partial charge in [0, 0.05) is 82.4 Å². The van der Waals surface area contributed by atoms with Gasteiger partial charge >= 0.3 is 0 Å². The molecular formula is C36H43N9O4. The monoisotopic (exact) mass is 665 g/mol. The summed E-state index contributed by atoms with van der Waals surface area (Å²) in [6.45, 7) is 4.49. The average Bonchev–Trinajstić information content (AvgIpc) is 3.45. The minimum absolute atomic E-state index is 0.203. The van der Waals surface area contributed by atoms with Crippen molar-refractivity contribution < 1.29 is 19.5 Å². The number of nitrogens with one attached hydrogen (secondary N) is 4. The van der Waals surface area contributed by atoms with E-state index in [9.17, 15) is 19.5 Å². The van der Waals surface area contributed by atoms with Crippen molar-refractivity contribution in [2.24, 2.45) is 0 Å². The van der Waals surface area contributed by atoms with E-state index in [0.29, 0.717) is 48.7 Å². The summed E-state index contributed by atoms with van der Waals surface area (Å²) in [5, 5.41) is 28.0. The van der Waals surface area contributed by atoms with Gasteiger partial charge in [-0.05, 0) is 67.0 Å². The molecule has 49 heavy (non-hydrogen) atoms. The van der Waals surface area contributed by atoms with Gasteiger partial charge in [-0.15, -0.1) is 0 Å². The van der Waals surface area contributed by atoms with Gasteiger partial charge in [-0.2, -0.15) is 4.98 Å². The number of hydrogen-bond acceptors (Lipinski definition) is 11. The summed E-state index contributed by atoms with van der Waals surface area (Å²) in [6, 6.07) is 14.0. The number of likely N-dealkylation sites (tertiary alicyclic amines) is 1. The average molecular weight is 666 g/mol. The fourth-order valence-electron chi connectivity index (χ4n) is 7.54. The fourth-order valence-corrected chi connectivity index (χ4v) is 7.54. The third-order valence-corrected chi connectivity index (χ3v) is 10.5. The highest BCUT2D eigenvalue weighted by atomic mass is 16.3. The summed E-state index contributed by atoms with van der Waals surface area (Å²) < 4.78 is 0. The molecule has 4 aliphatic rings. The number of anilines is 3. The third-order valence-electron chi connectivity index (χ3n) is 10.5. The third kappa shape index (κ3) is 6.73. The summed E-state index contributed by atoms with van der Waals surface area (Å²) in [7, 11) is 1.79. The molecule has 5 heterocycles. The Morgan fingerprint density at radius 1 is 1.04 bits per heavy atom. The molecule has 0 radical (unpaired) electrons. The zero-order chi connectivity index (χ0) is 34.1. The van der Waals surface area contributed by atoms with Crippen LogP contribution in [0, 0.1) is 5.41 Å². The van der Waals surface area contributed by atoms with E-state index in [1.165, 1.54) is 17.5 Å². The first-order valence-electron chi connectivity index (χ1n) is 17.1. The molecule has 7 rings (SSSR count). The van der Waals surface area contributed by atoms with Crippen LogP contribution in [0.5, 0.6) is 0 Å². The highest BCUT2D eigenvalue weighted by molar-refractivity contribution is 6.05. The lowest BCUT2D eigenvalue weighted by Crippen LogP contribution is -2.52. The highest BCUT2D eigenvalue weighted by Crippen LogP contribution is 2.37. The van der Waals surface area contributed by atoms with Crippen LogP contribution in [0.1, 0.15) is 71.1 Å². The zero-order valence-electron chi connectivity index (χ0n) is 27.7. The van der Waals surface area contributed by atoms with Crippen LogP contribution in [-0.4, -0.2) is 94.1 Å². The molecule has 13 heteroatoms.